The van der Waals surface area contributed by atoms with Crippen LogP contribution in [0.5, 0.6) is 0 Å². The maximum absolute atomic E-state index is 6.13. The van der Waals surface area contributed by atoms with Crippen molar-refractivity contribution in [3.63, 3.8) is 0 Å². The van der Waals surface area contributed by atoms with Crippen LogP contribution in [0.1, 0.15) is 61.3 Å². The minimum Gasteiger partial charge on any atom is -0.400 e. The molecule has 1 heterocycles. The van der Waals surface area contributed by atoms with Gasteiger partial charge in [-0.05, 0) is 57.3 Å². The van der Waals surface area contributed by atoms with Crippen molar-refractivity contribution in [1.29, 1.82) is 0 Å². The van der Waals surface area contributed by atoms with Crippen LogP contribution in [-0.2, 0) is 9.31 Å². The van der Waals surface area contributed by atoms with E-state index in [-0.39, 0.29) is 18.3 Å². The molecule has 3 heteroatoms. The van der Waals surface area contributed by atoms with Crippen molar-refractivity contribution >= 4 is 7.12 Å². The Morgan fingerprint density at radius 1 is 1.06 bits per heavy atom. The van der Waals surface area contributed by atoms with E-state index in [2.05, 4.69) is 54.5 Å². The molecule has 0 aromatic carbocycles. The summed E-state index contributed by atoms with van der Waals surface area (Å²) in [5.41, 5.74) is 1.27. The molecule has 0 radical (unpaired) electrons. The number of allylic oxidation sites excluding steroid dienone is 2. The molecule has 0 N–H and O–H groups in total. The Balaban J connectivity index is 2.15. The van der Waals surface area contributed by atoms with Gasteiger partial charge in [-0.3, -0.25) is 0 Å². The summed E-state index contributed by atoms with van der Waals surface area (Å²) in [5, 5.41) is 0. The van der Waals surface area contributed by atoms with E-state index in [0.717, 1.165) is 12.8 Å². The fraction of sp³-hybridized carbons (Fsp3) is 0.867. The minimum atomic E-state index is -0.227. The lowest BCUT2D eigenvalue weighted by molar-refractivity contribution is 0.00578. The van der Waals surface area contributed by atoms with Crippen molar-refractivity contribution < 1.29 is 9.31 Å². The van der Waals surface area contributed by atoms with Gasteiger partial charge in [0.1, 0.15) is 0 Å². The molecule has 2 aliphatic rings. The van der Waals surface area contributed by atoms with Crippen molar-refractivity contribution in [2.24, 2.45) is 11.3 Å². The molecule has 0 aromatic heterocycles. The van der Waals surface area contributed by atoms with Crippen LogP contribution in [0.25, 0.3) is 0 Å². The standard InChI is InChI=1S/C15H27BO2/c1-11-10-12(8-9-13(11,2)3)16-17-14(4,5)15(6,7)18-16/h8,11H,9-10H2,1-7H3/t11-/m0/s1. The lowest BCUT2D eigenvalue weighted by atomic mass is 9.62. The topological polar surface area (TPSA) is 18.5 Å². The third-order valence-corrected chi connectivity index (χ3v) is 5.32. The van der Waals surface area contributed by atoms with Gasteiger partial charge in [-0.15, -0.1) is 0 Å². The molecule has 2 nitrogen and oxygen atoms in total. The molecule has 1 aliphatic carbocycles. The van der Waals surface area contributed by atoms with Crippen molar-refractivity contribution in [3.8, 4) is 0 Å². The Hall–Kier alpha value is -0.275. The zero-order valence-corrected chi connectivity index (χ0v) is 13.0. The van der Waals surface area contributed by atoms with Gasteiger partial charge in [-0.25, -0.2) is 0 Å². The summed E-state index contributed by atoms with van der Waals surface area (Å²) in [6, 6.07) is 0. The van der Waals surface area contributed by atoms with E-state index in [0.29, 0.717) is 11.3 Å². The van der Waals surface area contributed by atoms with Gasteiger partial charge in [-0.1, -0.05) is 26.8 Å². The average molecular weight is 250 g/mol. The van der Waals surface area contributed by atoms with E-state index in [9.17, 15) is 0 Å². The van der Waals surface area contributed by atoms with Crippen molar-refractivity contribution in [2.75, 3.05) is 0 Å². The molecule has 0 aromatic rings. The minimum absolute atomic E-state index is 0.145. The molecule has 1 aliphatic heterocycles. The largest absolute Gasteiger partial charge is 0.490 e. The van der Waals surface area contributed by atoms with Crippen LogP contribution in [0.15, 0.2) is 11.5 Å². The summed E-state index contributed by atoms with van der Waals surface area (Å²) in [6.07, 6.45) is 4.54. The predicted octanol–water partition coefficient (Wildman–Crippen LogP) is 4.00. The van der Waals surface area contributed by atoms with Gasteiger partial charge in [-0.2, -0.15) is 0 Å². The number of hydrogen-bond acceptors (Lipinski definition) is 2. The fourth-order valence-corrected chi connectivity index (χ4v) is 2.50. The van der Waals surface area contributed by atoms with Crippen LogP contribution in [0.3, 0.4) is 0 Å². The highest BCUT2D eigenvalue weighted by molar-refractivity contribution is 6.54. The molecule has 0 bridgehead atoms. The first-order chi connectivity index (χ1) is 8.05. The van der Waals surface area contributed by atoms with E-state index >= 15 is 0 Å². The van der Waals surface area contributed by atoms with Gasteiger partial charge in [0.2, 0.25) is 0 Å². The van der Waals surface area contributed by atoms with Crippen molar-refractivity contribution in [3.05, 3.63) is 11.5 Å². The molecular weight excluding hydrogens is 223 g/mol. The SMILES string of the molecule is C[C@H]1CC(B2OC(C)(C)C(C)(C)O2)=CCC1(C)C. The predicted molar refractivity (Wildman–Crippen MR) is 76.3 cm³/mol. The molecule has 2 rings (SSSR count). The second-order valence-electron chi connectivity index (χ2n) is 7.67. The maximum atomic E-state index is 6.13. The maximum Gasteiger partial charge on any atom is 0.490 e. The van der Waals surface area contributed by atoms with Crippen molar-refractivity contribution in [1.82, 2.24) is 0 Å². The van der Waals surface area contributed by atoms with Crippen LogP contribution in [0, 0.1) is 11.3 Å². The first-order valence-electron chi connectivity index (χ1n) is 7.10. The van der Waals surface area contributed by atoms with Crippen LogP contribution < -0.4 is 0 Å². The quantitative estimate of drug-likeness (QED) is 0.655. The highest BCUT2D eigenvalue weighted by Gasteiger charge is 2.53. The fourth-order valence-electron chi connectivity index (χ4n) is 2.50. The molecule has 102 valence electrons. The summed E-state index contributed by atoms with van der Waals surface area (Å²) in [5.74, 6) is 0.677. The zero-order chi connectivity index (χ0) is 13.8. The van der Waals surface area contributed by atoms with E-state index in [1.54, 1.807) is 0 Å². The molecule has 1 atom stereocenters. The van der Waals surface area contributed by atoms with E-state index in [4.69, 9.17) is 9.31 Å². The van der Waals surface area contributed by atoms with E-state index in [1.165, 1.54) is 5.47 Å². The van der Waals surface area contributed by atoms with E-state index < -0.39 is 0 Å². The molecule has 0 spiro atoms. The Morgan fingerprint density at radius 3 is 2.00 bits per heavy atom. The number of rotatable bonds is 1. The highest BCUT2D eigenvalue weighted by Crippen LogP contribution is 2.44. The Morgan fingerprint density at radius 2 is 1.56 bits per heavy atom. The summed E-state index contributed by atoms with van der Waals surface area (Å²) in [6.45, 7) is 15.5. The summed E-state index contributed by atoms with van der Waals surface area (Å²) in [7, 11) is -0.145. The smallest absolute Gasteiger partial charge is 0.400 e. The molecule has 1 fully saturated rings. The first kappa shape index (κ1) is 14.1. The summed E-state index contributed by atoms with van der Waals surface area (Å²) < 4.78 is 12.3. The van der Waals surface area contributed by atoms with Gasteiger partial charge < -0.3 is 9.31 Å². The molecule has 0 unspecified atom stereocenters. The third-order valence-electron chi connectivity index (χ3n) is 5.32. The van der Waals surface area contributed by atoms with E-state index in [1.807, 2.05) is 0 Å². The normalized spacial score (nSPS) is 33.4. The number of hydrogen-bond donors (Lipinski definition) is 0. The third kappa shape index (κ3) is 2.27. The zero-order valence-electron chi connectivity index (χ0n) is 13.0. The van der Waals surface area contributed by atoms with Gasteiger partial charge >= 0.3 is 7.12 Å². The van der Waals surface area contributed by atoms with Crippen LogP contribution >= 0.6 is 0 Å². The molecule has 1 saturated heterocycles. The molecule has 18 heavy (non-hydrogen) atoms. The van der Waals surface area contributed by atoms with Crippen LogP contribution in [-0.4, -0.2) is 18.3 Å². The second-order valence-corrected chi connectivity index (χ2v) is 7.67. The van der Waals surface area contributed by atoms with Gasteiger partial charge in [0, 0.05) is 0 Å². The van der Waals surface area contributed by atoms with Gasteiger partial charge in [0.05, 0.1) is 11.2 Å². The molecular formula is C15H27BO2. The Kier molecular flexibility index (Phi) is 3.23. The lowest BCUT2D eigenvalue weighted by Gasteiger charge is -2.36. The average Bonchev–Trinajstić information content (AvgIpc) is 2.41. The molecule has 0 saturated carbocycles. The van der Waals surface area contributed by atoms with Crippen LogP contribution in [0.2, 0.25) is 0 Å². The van der Waals surface area contributed by atoms with Gasteiger partial charge in [0.25, 0.3) is 0 Å². The summed E-state index contributed by atoms with van der Waals surface area (Å²) in [4.78, 5) is 0. The van der Waals surface area contributed by atoms with Crippen molar-refractivity contribution in [2.45, 2.75) is 72.5 Å². The lowest BCUT2D eigenvalue weighted by Crippen LogP contribution is -2.41. The van der Waals surface area contributed by atoms with Gasteiger partial charge in [0.15, 0.2) is 0 Å². The summed E-state index contributed by atoms with van der Waals surface area (Å²) >= 11 is 0. The highest BCUT2D eigenvalue weighted by atomic mass is 16.7. The second kappa shape index (κ2) is 4.11. The Bertz CT molecular complexity index is 353. The molecule has 0 amide bonds. The first-order valence-corrected chi connectivity index (χ1v) is 7.10. The monoisotopic (exact) mass is 250 g/mol. The Labute approximate surface area is 112 Å². The van der Waals surface area contributed by atoms with Crippen LogP contribution in [0.4, 0.5) is 0 Å².